The Kier molecular flexibility index (Phi) is 4.25. The minimum absolute atomic E-state index is 0.642. The van der Waals surface area contributed by atoms with E-state index in [4.69, 9.17) is 0 Å². The highest BCUT2D eigenvalue weighted by Crippen LogP contribution is 2.24. The van der Waals surface area contributed by atoms with Gasteiger partial charge in [-0.15, -0.1) is 10.2 Å². The SMILES string of the molecule is c1cc(NCC2CCCCCC2)cc(-c2nn[nH]n2)c1. The Bertz CT molecular complexity index is 515. The van der Waals surface area contributed by atoms with Gasteiger partial charge in [-0.3, -0.25) is 0 Å². The topological polar surface area (TPSA) is 66.5 Å². The molecule has 1 aliphatic rings. The number of hydrogen-bond acceptors (Lipinski definition) is 4. The lowest BCUT2D eigenvalue weighted by Gasteiger charge is -2.16. The molecular formula is C15H21N5. The van der Waals surface area contributed by atoms with Gasteiger partial charge >= 0.3 is 0 Å². The number of anilines is 1. The van der Waals surface area contributed by atoms with Crippen LogP contribution in [0.1, 0.15) is 38.5 Å². The van der Waals surface area contributed by atoms with Crippen LogP contribution >= 0.6 is 0 Å². The average Bonchev–Trinajstić information content (AvgIpc) is 2.90. The van der Waals surface area contributed by atoms with E-state index in [0.717, 1.165) is 23.7 Å². The summed E-state index contributed by atoms with van der Waals surface area (Å²) in [5.41, 5.74) is 2.13. The Hall–Kier alpha value is -1.91. The number of tetrazole rings is 1. The summed E-state index contributed by atoms with van der Waals surface area (Å²) in [6.07, 6.45) is 8.30. The number of aromatic nitrogens is 4. The maximum atomic E-state index is 4.01. The number of H-pyrrole nitrogens is 1. The van der Waals surface area contributed by atoms with Crippen LogP contribution < -0.4 is 5.32 Å². The number of aromatic amines is 1. The predicted molar refractivity (Wildman–Crippen MR) is 79.3 cm³/mol. The molecule has 0 unspecified atom stereocenters. The van der Waals surface area contributed by atoms with E-state index in [1.54, 1.807) is 0 Å². The first-order valence-corrected chi connectivity index (χ1v) is 7.49. The fourth-order valence-corrected chi connectivity index (χ4v) is 2.88. The van der Waals surface area contributed by atoms with E-state index < -0.39 is 0 Å². The van der Waals surface area contributed by atoms with Crippen molar-refractivity contribution >= 4 is 5.69 Å². The number of hydrogen-bond donors (Lipinski definition) is 2. The molecule has 0 aliphatic heterocycles. The minimum atomic E-state index is 0.642. The molecule has 3 rings (SSSR count). The van der Waals surface area contributed by atoms with Crippen LogP contribution in [0.4, 0.5) is 5.69 Å². The number of benzene rings is 1. The van der Waals surface area contributed by atoms with Gasteiger partial charge in [-0.1, -0.05) is 37.8 Å². The van der Waals surface area contributed by atoms with E-state index >= 15 is 0 Å². The summed E-state index contributed by atoms with van der Waals surface area (Å²) in [5, 5.41) is 17.7. The van der Waals surface area contributed by atoms with E-state index in [9.17, 15) is 0 Å². The normalized spacial score (nSPS) is 16.8. The lowest BCUT2D eigenvalue weighted by atomic mass is 10.0. The summed E-state index contributed by atoms with van der Waals surface area (Å²) >= 11 is 0. The molecule has 1 aliphatic carbocycles. The van der Waals surface area contributed by atoms with Crippen molar-refractivity contribution in [2.24, 2.45) is 5.92 Å². The van der Waals surface area contributed by atoms with Crippen LogP contribution in [0.5, 0.6) is 0 Å². The quantitative estimate of drug-likeness (QED) is 0.838. The molecule has 1 heterocycles. The van der Waals surface area contributed by atoms with E-state index in [0.29, 0.717) is 5.82 Å². The van der Waals surface area contributed by atoms with Gasteiger partial charge in [0.2, 0.25) is 5.82 Å². The molecule has 0 atom stereocenters. The summed E-state index contributed by atoms with van der Waals surface area (Å²) in [4.78, 5) is 0. The minimum Gasteiger partial charge on any atom is -0.385 e. The van der Waals surface area contributed by atoms with Crippen molar-refractivity contribution in [3.8, 4) is 11.4 Å². The van der Waals surface area contributed by atoms with Crippen LogP contribution in [-0.4, -0.2) is 27.2 Å². The number of rotatable bonds is 4. The fraction of sp³-hybridized carbons (Fsp3) is 0.533. The van der Waals surface area contributed by atoms with Gasteiger partial charge in [0.05, 0.1) is 0 Å². The highest BCUT2D eigenvalue weighted by Gasteiger charge is 2.12. The van der Waals surface area contributed by atoms with Gasteiger partial charge in [0.15, 0.2) is 0 Å². The molecule has 5 nitrogen and oxygen atoms in total. The van der Waals surface area contributed by atoms with Crippen molar-refractivity contribution in [2.45, 2.75) is 38.5 Å². The first-order valence-electron chi connectivity index (χ1n) is 7.49. The average molecular weight is 271 g/mol. The Morgan fingerprint density at radius 1 is 1.15 bits per heavy atom. The first-order chi connectivity index (χ1) is 9.92. The summed E-state index contributed by atoms with van der Waals surface area (Å²) in [6.45, 7) is 1.07. The van der Waals surface area contributed by atoms with E-state index in [2.05, 4.69) is 38.1 Å². The van der Waals surface area contributed by atoms with Crippen molar-refractivity contribution < 1.29 is 0 Å². The second-order valence-corrected chi connectivity index (χ2v) is 5.55. The molecule has 0 saturated heterocycles. The fourth-order valence-electron chi connectivity index (χ4n) is 2.88. The molecule has 0 spiro atoms. The van der Waals surface area contributed by atoms with E-state index in [1.807, 2.05) is 12.1 Å². The number of nitrogens with zero attached hydrogens (tertiary/aromatic N) is 3. The van der Waals surface area contributed by atoms with E-state index in [-0.39, 0.29) is 0 Å². The summed E-state index contributed by atoms with van der Waals surface area (Å²) < 4.78 is 0. The molecule has 0 bridgehead atoms. The smallest absolute Gasteiger partial charge is 0.204 e. The second-order valence-electron chi connectivity index (χ2n) is 5.55. The molecule has 1 aromatic carbocycles. The van der Waals surface area contributed by atoms with Crippen LogP contribution in [0.2, 0.25) is 0 Å². The lowest BCUT2D eigenvalue weighted by molar-refractivity contribution is 0.483. The molecule has 1 saturated carbocycles. The molecule has 2 aromatic rings. The zero-order valence-electron chi connectivity index (χ0n) is 11.7. The summed E-state index contributed by atoms with van der Waals surface area (Å²) in [6, 6.07) is 8.21. The highest BCUT2D eigenvalue weighted by atomic mass is 15.5. The standard InChI is InChI=1S/C15H21N5/c1-2-4-7-12(6-3-1)11-16-14-9-5-8-13(10-14)15-17-19-20-18-15/h5,8-10,12,16H,1-4,6-7,11H2,(H,17,18,19,20). The van der Waals surface area contributed by atoms with Gasteiger partial charge in [0.25, 0.3) is 0 Å². The molecule has 106 valence electrons. The Labute approximate surface area is 119 Å². The number of nitrogens with one attached hydrogen (secondary N) is 2. The largest absolute Gasteiger partial charge is 0.385 e. The Balaban J connectivity index is 1.61. The Morgan fingerprint density at radius 2 is 2.00 bits per heavy atom. The van der Waals surface area contributed by atoms with Crippen LogP contribution in [-0.2, 0) is 0 Å². The third kappa shape index (κ3) is 3.35. The summed E-state index contributed by atoms with van der Waals surface area (Å²) in [7, 11) is 0. The van der Waals surface area contributed by atoms with Gasteiger partial charge in [-0.25, -0.2) is 0 Å². The van der Waals surface area contributed by atoms with E-state index in [1.165, 1.54) is 38.5 Å². The van der Waals surface area contributed by atoms with Gasteiger partial charge in [-0.2, -0.15) is 5.21 Å². The van der Waals surface area contributed by atoms with Crippen molar-refractivity contribution in [3.63, 3.8) is 0 Å². The molecule has 0 radical (unpaired) electrons. The third-order valence-corrected chi connectivity index (χ3v) is 4.04. The molecule has 0 amide bonds. The zero-order chi connectivity index (χ0) is 13.6. The molecule has 5 heteroatoms. The maximum absolute atomic E-state index is 4.01. The van der Waals surface area contributed by atoms with Crippen molar-refractivity contribution in [1.82, 2.24) is 20.6 Å². The van der Waals surface area contributed by atoms with Crippen molar-refractivity contribution in [3.05, 3.63) is 24.3 Å². The van der Waals surface area contributed by atoms with Gasteiger partial charge in [0, 0.05) is 17.8 Å². The monoisotopic (exact) mass is 271 g/mol. The Morgan fingerprint density at radius 3 is 2.75 bits per heavy atom. The molecule has 1 fully saturated rings. The van der Waals surface area contributed by atoms with Crippen molar-refractivity contribution in [1.29, 1.82) is 0 Å². The van der Waals surface area contributed by atoms with Crippen molar-refractivity contribution in [2.75, 3.05) is 11.9 Å². The zero-order valence-corrected chi connectivity index (χ0v) is 11.7. The molecule has 2 N–H and O–H groups in total. The first kappa shape index (κ1) is 13.1. The van der Waals surface area contributed by atoms with Gasteiger partial charge in [0.1, 0.15) is 0 Å². The third-order valence-electron chi connectivity index (χ3n) is 4.04. The molecular weight excluding hydrogens is 250 g/mol. The summed E-state index contributed by atoms with van der Waals surface area (Å²) in [5.74, 6) is 1.45. The highest BCUT2D eigenvalue weighted by molar-refractivity contribution is 5.61. The van der Waals surface area contributed by atoms with Gasteiger partial charge < -0.3 is 5.32 Å². The van der Waals surface area contributed by atoms with Crippen LogP contribution in [0.3, 0.4) is 0 Å². The van der Waals surface area contributed by atoms with Gasteiger partial charge in [-0.05, 0) is 36.1 Å². The lowest BCUT2D eigenvalue weighted by Crippen LogP contribution is -2.13. The molecule has 20 heavy (non-hydrogen) atoms. The predicted octanol–water partition coefficient (Wildman–Crippen LogP) is 3.25. The van der Waals surface area contributed by atoms with Crippen LogP contribution in [0.15, 0.2) is 24.3 Å². The maximum Gasteiger partial charge on any atom is 0.204 e. The van der Waals surface area contributed by atoms with Crippen LogP contribution in [0, 0.1) is 5.92 Å². The second kappa shape index (κ2) is 6.50. The van der Waals surface area contributed by atoms with Crippen LogP contribution in [0.25, 0.3) is 11.4 Å². The molecule has 1 aromatic heterocycles.